The van der Waals surface area contributed by atoms with Crippen LogP contribution in [0.25, 0.3) is 0 Å². The Morgan fingerprint density at radius 1 is 1.14 bits per heavy atom. The van der Waals surface area contributed by atoms with Crippen LogP contribution in [0.2, 0.25) is 0 Å². The molecule has 1 aromatic rings. The largest absolute Gasteiger partial charge is 0.450 e. The minimum atomic E-state index is -0.851. The van der Waals surface area contributed by atoms with Crippen LogP contribution < -0.4 is 15.5 Å². The topological polar surface area (TPSA) is 73.9 Å². The number of piperidine rings is 1. The van der Waals surface area contributed by atoms with Crippen molar-refractivity contribution in [1.82, 2.24) is 15.5 Å². The molecule has 2 fully saturated rings. The second kappa shape index (κ2) is 9.76. The minimum absolute atomic E-state index is 0.0305. The van der Waals surface area contributed by atoms with Gasteiger partial charge in [0.05, 0.1) is 6.61 Å². The molecule has 2 N–H and O–H groups in total. The molecule has 0 radical (unpaired) electrons. The Bertz CT molecular complexity index is 726. The van der Waals surface area contributed by atoms with Gasteiger partial charge in [0.15, 0.2) is 11.6 Å². The van der Waals surface area contributed by atoms with E-state index in [1.54, 1.807) is 17.9 Å². The van der Waals surface area contributed by atoms with Crippen molar-refractivity contribution in [3.63, 3.8) is 0 Å². The van der Waals surface area contributed by atoms with Crippen LogP contribution in [-0.2, 0) is 4.74 Å². The molecule has 3 amide bonds. The monoisotopic (exact) mass is 410 g/mol. The first-order chi connectivity index (χ1) is 14.0. The molecule has 1 unspecified atom stereocenters. The average molecular weight is 410 g/mol. The van der Waals surface area contributed by atoms with Crippen LogP contribution in [-0.4, -0.2) is 62.4 Å². The lowest BCUT2D eigenvalue weighted by Crippen LogP contribution is -2.49. The zero-order valence-electron chi connectivity index (χ0n) is 16.6. The standard InChI is InChI=1S/C20H28F2N4O3/c1-2-29-20(28)25-9-6-15(7-10-25)24-19(27)23-12-14-5-8-26(13-14)16-3-4-17(21)18(22)11-16/h3-4,11,14-15H,2,5-10,12-13H2,1H3,(H2,23,24,27). The Labute approximate surface area is 169 Å². The van der Waals surface area contributed by atoms with Gasteiger partial charge < -0.3 is 25.2 Å². The molecule has 2 aliphatic heterocycles. The SMILES string of the molecule is CCOC(=O)N1CCC(NC(=O)NCC2CCN(c3ccc(F)c(F)c3)C2)CC1. The highest BCUT2D eigenvalue weighted by molar-refractivity contribution is 5.74. The molecule has 2 saturated heterocycles. The molecule has 0 spiro atoms. The lowest BCUT2D eigenvalue weighted by Gasteiger charge is -2.31. The average Bonchev–Trinajstić information content (AvgIpc) is 3.18. The Kier molecular flexibility index (Phi) is 7.11. The van der Waals surface area contributed by atoms with Gasteiger partial charge in [-0.25, -0.2) is 18.4 Å². The molecule has 3 rings (SSSR count). The maximum atomic E-state index is 13.4. The van der Waals surface area contributed by atoms with Gasteiger partial charge in [0.1, 0.15) is 0 Å². The summed E-state index contributed by atoms with van der Waals surface area (Å²) in [6.45, 7) is 5.21. The van der Waals surface area contributed by atoms with Gasteiger partial charge in [-0.2, -0.15) is 0 Å². The summed E-state index contributed by atoms with van der Waals surface area (Å²) in [7, 11) is 0. The number of urea groups is 1. The number of hydrogen-bond donors (Lipinski definition) is 2. The van der Waals surface area contributed by atoms with Gasteiger partial charge in [0, 0.05) is 50.5 Å². The summed E-state index contributed by atoms with van der Waals surface area (Å²) in [6, 6.07) is 3.73. The van der Waals surface area contributed by atoms with Gasteiger partial charge in [-0.05, 0) is 44.2 Å². The van der Waals surface area contributed by atoms with Crippen molar-refractivity contribution in [2.24, 2.45) is 5.92 Å². The zero-order chi connectivity index (χ0) is 20.8. The summed E-state index contributed by atoms with van der Waals surface area (Å²) in [5.74, 6) is -1.45. The summed E-state index contributed by atoms with van der Waals surface area (Å²) >= 11 is 0. The quantitative estimate of drug-likeness (QED) is 0.783. The molecule has 160 valence electrons. The van der Waals surface area contributed by atoms with Crippen LogP contribution in [0.4, 0.5) is 24.1 Å². The number of rotatable bonds is 5. The fourth-order valence-electron chi connectivity index (χ4n) is 3.81. The molecule has 29 heavy (non-hydrogen) atoms. The Hall–Kier alpha value is -2.58. The molecular weight excluding hydrogens is 382 g/mol. The van der Waals surface area contributed by atoms with Crippen molar-refractivity contribution in [1.29, 1.82) is 0 Å². The fourth-order valence-corrected chi connectivity index (χ4v) is 3.81. The number of likely N-dealkylation sites (tertiary alicyclic amines) is 1. The highest BCUT2D eigenvalue weighted by atomic mass is 19.2. The Balaban J connectivity index is 1.36. The highest BCUT2D eigenvalue weighted by Crippen LogP contribution is 2.25. The van der Waals surface area contributed by atoms with Crippen molar-refractivity contribution >= 4 is 17.8 Å². The molecule has 1 aromatic carbocycles. The van der Waals surface area contributed by atoms with E-state index in [0.29, 0.717) is 51.3 Å². The lowest BCUT2D eigenvalue weighted by atomic mass is 10.1. The van der Waals surface area contributed by atoms with Crippen LogP contribution in [0.1, 0.15) is 26.2 Å². The lowest BCUT2D eigenvalue weighted by molar-refractivity contribution is 0.0957. The van der Waals surface area contributed by atoms with Crippen molar-refractivity contribution in [3.05, 3.63) is 29.8 Å². The van der Waals surface area contributed by atoms with E-state index in [2.05, 4.69) is 10.6 Å². The molecular formula is C20H28F2N4O3. The second-order valence-electron chi connectivity index (χ2n) is 7.51. The fraction of sp³-hybridized carbons (Fsp3) is 0.600. The van der Waals surface area contributed by atoms with E-state index in [1.165, 1.54) is 6.07 Å². The summed E-state index contributed by atoms with van der Waals surface area (Å²) in [5.41, 5.74) is 0.657. The van der Waals surface area contributed by atoms with Gasteiger partial charge in [-0.15, -0.1) is 0 Å². The second-order valence-corrected chi connectivity index (χ2v) is 7.51. The van der Waals surface area contributed by atoms with Crippen LogP contribution in [0.5, 0.6) is 0 Å². The number of carbonyl (C=O) groups excluding carboxylic acids is 2. The third kappa shape index (κ3) is 5.71. The van der Waals surface area contributed by atoms with Crippen molar-refractivity contribution < 1.29 is 23.1 Å². The Morgan fingerprint density at radius 3 is 2.59 bits per heavy atom. The number of halogens is 2. The Morgan fingerprint density at radius 2 is 1.90 bits per heavy atom. The van der Waals surface area contributed by atoms with Crippen LogP contribution in [0.15, 0.2) is 18.2 Å². The van der Waals surface area contributed by atoms with Gasteiger partial charge in [0.25, 0.3) is 0 Å². The molecule has 0 aliphatic carbocycles. The van der Waals surface area contributed by atoms with E-state index in [0.717, 1.165) is 19.0 Å². The summed E-state index contributed by atoms with van der Waals surface area (Å²) in [4.78, 5) is 27.5. The number of nitrogens with zero attached hydrogens (tertiary/aromatic N) is 2. The zero-order valence-corrected chi connectivity index (χ0v) is 16.6. The van der Waals surface area contributed by atoms with E-state index < -0.39 is 11.6 Å². The predicted molar refractivity (Wildman–Crippen MR) is 105 cm³/mol. The van der Waals surface area contributed by atoms with Crippen LogP contribution in [0.3, 0.4) is 0 Å². The number of anilines is 1. The maximum absolute atomic E-state index is 13.4. The third-order valence-corrected chi connectivity index (χ3v) is 5.46. The molecule has 0 bridgehead atoms. The van der Waals surface area contributed by atoms with Gasteiger partial charge >= 0.3 is 12.1 Å². The van der Waals surface area contributed by atoms with E-state index in [9.17, 15) is 18.4 Å². The summed E-state index contributed by atoms with van der Waals surface area (Å²) in [5, 5.41) is 5.86. The van der Waals surface area contributed by atoms with Crippen molar-refractivity contribution in [3.8, 4) is 0 Å². The number of carbonyl (C=O) groups is 2. The van der Waals surface area contributed by atoms with E-state index in [4.69, 9.17) is 4.74 Å². The van der Waals surface area contributed by atoms with E-state index in [1.807, 2.05) is 4.90 Å². The van der Waals surface area contributed by atoms with Crippen molar-refractivity contribution in [2.75, 3.05) is 44.2 Å². The number of amides is 3. The molecule has 1 atom stereocenters. The normalized spacial score (nSPS) is 19.9. The molecule has 2 aliphatic rings. The molecule has 0 aromatic heterocycles. The summed E-state index contributed by atoms with van der Waals surface area (Å²) in [6.07, 6.45) is 1.96. The first-order valence-electron chi connectivity index (χ1n) is 10.1. The molecule has 9 heteroatoms. The van der Waals surface area contributed by atoms with Gasteiger partial charge in [-0.3, -0.25) is 0 Å². The van der Waals surface area contributed by atoms with Gasteiger partial charge in [-0.1, -0.05) is 0 Å². The number of hydrogen-bond acceptors (Lipinski definition) is 4. The minimum Gasteiger partial charge on any atom is -0.450 e. The maximum Gasteiger partial charge on any atom is 0.409 e. The number of nitrogens with one attached hydrogen (secondary N) is 2. The smallest absolute Gasteiger partial charge is 0.409 e. The van der Waals surface area contributed by atoms with E-state index in [-0.39, 0.29) is 24.1 Å². The van der Waals surface area contributed by atoms with E-state index >= 15 is 0 Å². The molecule has 7 nitrogen and oxygen atoms in total. The third-order valence-electron chi connectivity index (χ3n) is 5.46. The molecule has 0 saturated carbocycles. The number of benzene rings is 1. The van der Waals surface area contributed by atoms with Crippen LogP contribution in [0, 0.1) is 17.6 Å². The van der Waals surface area contributed by atoms with Crippen molar-refractivity contribution in [2.45, 2.75) is 32.2 Å². The van der Waals surface area contributed by atoms with Crippen LogP contribution >= 0.6 is 0 Å². The first-order valence-corrected chi connectivity index (χ1v) is 10.1. The number of ether oxygens (including phenoxy) is 1. The summed E-state index contributed by atoms with van der Waals surface area (Å²) < 4.78 is 31.5. The van der Waals surface area contributed by atoms with Gasteiger partial charge in [0.2, 0.25) is 0 Å². The first kappa shape index (κ1) is 21.1. The highest BCUT2D eigenvalue weighted by Gasteiger charge is 2.26. The predicted octanol–water partition coefficient (Wildman–Crippen LogP) is 2.71. The molecule has 2 heterocycles.